The number of hydrogen-bond acceptors (Lipinski definition) is 4. The highest BCUT2D eigenvalue weighted by molar-refractivity contribution is 5.98. The van der Waals surface area contributed by atoms with Crippen LogP contribution < -0.4 is 10.6 Å². The van der Waals surface area contributed by atoms with E-state index in [4.69, 9.17) is 4.74 Å². The maximum atomic E-state index is 13.6. The van der Waals surface area contributed by atoms with Crippen LogP contribution >= 0.6 is 12.4 Å². The Morgan fingerprint density at radius 1 is 1.23 bits per heavy atom. The second kappa shape index (κ2) is 10.5. The van der Waals surface area contributed by atoms with Crippen molar-refractivity contribution >= 4 is 24.1 Å². The number of halogens is 3. The van der Waals surface area contributed by atoms with E-state index in [-0.39, 0.29) is 42.1 Å². The van der Waals surface area contributed by atoms with Crippen molar-refractivity contribution < 1.29 is 23.1 Å². The van der Waals surface area contributed by atoms with Crippen LogP contribution in [-0.2, 0) is 9.53 Å². The molecule has 26 heavy (non-hydrogen) atoms. The number of Topliss-reactive ketones (excluding diaryl/α,β-unsaturated/α-hetero) is 1. The van der Waals surface area contributed by atoms with Gasteiger partial charge in [0.15, 0.2) is 5.78 Å². The van der Waals surface area contributed by atoms with E-state index in [1.807, 2.05) is 0 Å². The maximum Gasteiger partial charge on any atom is 0.220 e. The summed E-state index contributed by atoms with van der Waals surface area (Å²) < 4.78 is 31.7. The van der Waals surface area contributed by atoms with Gasteiger partial charge in [-0.25, -0.2) is 8.78 Å². The molecule has 1 aromatic carbocycles. The first kappa shape index (κ1) is 22.5. The highest BCUT2D eigenvalue weighted by Crippen LogP contribution is 2.28. The van der Waals surface area contributed by atoms with Gasteiger partial charge in [-0.2, -0.15) is 0 Å². The molecule has 1 saturated heterocycles. The lowest BCUT2D eigenvalue weighted by atomic mass is 9.79. The van der Waals surface area contributed by atoms with E-state index < -0.39 is 17.4 Å². The van der Waals surface area contributed by atoms with Crippen molar-refractivity contribution in [2.75, 3.05) is 33.4 Å². The van der Waals surface area contributed by atoms with Crippen LogP contribution in [-0.4, -0.2) is 45.0 Å². The average Bonchev–Trinajstić information content (AvgIpc) is 2.59. The number of benzene rings is 1. The van der Waals surface area contributed by atoms with Gasteiger partial charge in [-0.1, -0.05) is 0 Å². The first-order valence-corrected chi connectivity index (χ1v) is 8.40. The fraction of sp³-hybridized carbons (Fsp3) is 0.556. The number of rotatable bonds is 8. The third kappa shape index (κ3) is 6.30. The lowest BCUT2D eigenvalue weighted by molar-refractivity contribution is -0.122. The lowest BCUT2D eigenvalue weighted by Gasteiger charge is -2.37. The molecule has 1 aromatic rings. The summed E-state index contributed by atoms with van der Waals surface area (Å²) in [4.78, 5) is 24.0. The normalized spacial score (nSPS) is 15.8. The van der Waals surface area contributed by atoms with Crippen LogP contribution in [0.2, 0.25) is 0 Å². The Hall–Kier alpha value is -1.57. The molecule has 0 bridgehead atoms. The van der Waals surface area contributed by atoms with Crippen LogP contribution in [0.25, 0.3) is 0 Å². The zero-order chi connectivity index (χ0) is 18.3. The third-order valence-corrected chi connectivity index (χ3v) is 4.59. The highest BCUT2D eigenvalue weighted by Gasteiger charge is 2.32. The molecule has 0 aliphatic carbocycles. The van der Waals surface area contributed by atoms with Gasteiger partial charge in [0, 0.05) is 38.0 Å². The number of methoxy groups -OCH3 is 1. The molecule has 0 saturated carbocycles. The molecule has 0 radical (unpaired) electrons. The van der Waals surface area contributed by atoms with Gasteiger partial charge < -0.3 is 15.4 Å². The van der Waals surface area contributed by atoms with Gasteiger partial charge in [-0.15, -0.1) is 12.4 Å². The van der Waals surface area contributed by atoms with E-state index >= 15 is 0 Å². The van der Waals surface area contributed by atoms with Crippen molar-refractivity contribution in [3.8, 4) is 0 Å². The number of ketones is 1. The first-order valence-electron chi connectivity index (χ1n) is 8.40. The standard InChI is InChI=1S/C18H24F2N2O3.ClH/c1-25-12-18(6-8-21-9-7-18)11-22-17(24)5-4-16(23)14-3-2-13(19)10-15(14)20;/h2-3,10,21H,4-9,11-12H2,1H3,(H,22,24);1H. The molecular formula is C18H25ClF2N2O3. The van der Waals surface area contributed by atoms with Crippen molar-refractivity contribution in [2.24, 2.45) is 5.41 Å². The van der Waals surface area contributed by atoms with Crippen LogP contribution in [0.4, 0.5) is 8.78 Å². The number of carbonyl (C=O) groups is 2. The van der Waals surface area contributed by atoms with Crippen molar-refractivity contribution in [1.82, 2.24) is 10.6 Å². The topological polar surface area (TPSA) is 67.4 Å². The molecular weight excluding hydrogens is 366 g/mol. The van der Waals surface area contributed by atoms with Gasteiger partial charge in [0.05, 0.1) is 12.2 Å². The van der Waals surface area contributed by atoms with Gasteiger partial charge in [0.2, 0.25) is 5.91 Å². The van der Waals surface area contributed by atoms with E-state index in [2.05, 4.69) is 10.6 Å². The van der Waals surface area contributed by atoms with Crippen LogP contribution in [0.1, 0.15) is 36.0 Å². The summed E-state index contributed by atoms with van der Waals surface area (Å²) in [6, 6.07) is 2.80. The number of amides is 1. The van der Waals surface area contributed by atoms with Crippen molar-refractivity contribution in [3.63, 3.8) is 0 Å². The van der Waals surface area contributed by atoms with E-state index in [0.29, 0.717) is 19.2 Å². The fourth-order valence-electron chi connectivity index (χ4n) is 3.09. The van der Waals surface area contributed by atoms with Crippen LogP contribution in [0, 0.1) is 17.0 Å². The highest BCUT2D eigenvalue weighted by atomic mass is 35.5. The molecule has 1 heterocycles. The minimum Gasteiger partial charge on any atom is -0.384 e. The van der Waals surface area contributed by atoms with Crippen molar-refractivity contribution in [3.05, 3.63) is 35.4 Å². The number of hydrogen-bond donors (Lipinski definition) is 2. The van der Waals surface area contributed by atoms with Crippen LogP contribution in [0.5, 0.6) is 0 Å². The SMILES string of the molecule is COCC1(CNC(=O)CCC(=O)c2ccc(F)cc2F)CCNCC1.Cl. The molecule has 8 heteroatoms. The molecule has 0 unspecified atom stereocenters. The van der Waals surface area contributed by atoms with E-state index in [9.17, 15) is 18.4 Å². The molecule has 0 spiro atoms. The van der Waals surface area contributed by atoms with Crippen LogP contribution in [0.3, 0.4) is 0 Å². The van der Waals surface area contributed by atoms with Gasteiger partial charge in [0.25, 0.3) is 0 Å². The fourth-order valence-corrected chi connectivity index (χ4v) is 3.09. The Morgan fingerprint density at radius 2 is 1.92 bits per heavy atom. The Labute approximate surface area is 158 Å². The smallest absolute Gasteiger partial charge is 0.220 e. The maximum absolute atomic E-state index is 13.6. The average molecular weight is 391 g/mol. The van der Waals surface area contributed by atoms with Gasteiger partial charge in [-0.05, 0) is 38.1 Å². The Morgan fingerprint density at radius 3 is 2.54 bits per heavy atom. The summed E-state index contributed by atoms with van der Waals surface area (Å²) >= 11 is 0. The van der Waals surface area contributed by atoms with E-state index in [1.165, 1.54) is 0 Å². The molecule has 1 fully saturated rings. The van der Waals surface area contributed by atoms with E-state index in [1.54, 1.807) is 7.11 Å². The summed E-state index contributed by atoms with van der Waals surface area (Å²) in [5, 5.41) is 6.13. The van der Waals surface area contributed by atoms with Crippen LogP contribution in [0.15, 0.2) is 18.2 Å². The minimum atomic E-state index is -0.904. The summed E-state index contributed by atoms with van der Waals surface area (Å²) in [5.74, 6) is -2.41. The molecule has 1 aliphatic rings. The Kier molecular flexibility index (Phi) is 9.12. The van der Waals surface area contributed by atoms with E-state index in [0.717, 1.165) is 38.1 Å². The molecule has 1 amide bonds. The number of ether oxygens (including phenoxy) is 1. The minimum absolute atomic E-state index is 0. The van der Waals surface area contributed by atoms with Gasteiger partial charge in [0.1, 0.15) is 11.6 Å². The lowest BCUT2D eigenvalue weighted by Crippen LogP contribution is -2.47. The third-order valence-electron chi connectivity index (χ3n) is 4.59. The summed E-state index contributed by atoms with van der Waals surface area (Å²) in [7, 11) is 1.64. The zero-order valence-corrected chi connectivity index (χ0v) is 15.6. The molecule has 5 nitrogen and oxygen atoms in total. The number of carbonyl (C=O) groups excluding carboxylic acids is 2. The zero-order valence-electron chi connectivity index (χ0n) is 14.8. The molecule has 2 rings (SSSR count). The molecule has 1 aliphatic heterocycles. The molecule has 146 valence electrons. The van der Waals surface area contributed by atoms with Gasteiger partial charge in [-0.3, -0.25) is 9.59 Å². The number of piperidine rings is 1. The second-order valence-electron chi connectivity index (χ2n) is 6.51. The Bertz CT molecular complexity index is 617. The quantitative estimate of drug-likeness (QED) is 0.669. The summed E-state index contributed by atoms with van der Waals surface area (Å²) in [6.07, 6.45) is 1.66. The second-order valence-corrected chi connectivity index (χ2v) is 6.51. The van der Waals surface area contributed by atoms with Crippen molar-refractivity contribution in [2.45, 2.75) is 25.7 Å². The summed E-state index contributed by atoms with van der Waals surface area (Å²) in [6.45, 7) is 2.80. The largest absolute Gasteiger partial charge is 0.384 e. The molecule has 0 aromatic heterocycles. The predicted octanol–water partition coefficient (Wildman–Crippen LogP) is 2.48. The molecule has 0 atom stereocenters. The predicted molar refractivity (Wildman–Crippen MR) is 96.6 cm³/mol. The monoisotopic (exact) mass is 390 g/mol. The number of nitrogens with one attached hydrogen (secondary N) is 2. The molecule has 2 N–H and O–H groups in total. The van der Waals surface area contributed by atoms with Gasteiger partial charge >= 0.3 is 0 Å². The Balaban J connectivity index is 0.00000338. The van der Waals surface area contributed by atoms with Crippen molar-refractivity contribution in [1.29, 1.82) is 0 Å². The first-order chi connectivity index (χ1) is 12.0. The summed E-state index contributed by atoms with van der Waals surface area (Å²) in [5.41, 5.74) is -0.286.